The molecule has 1 aromatic carbocycles. The highest BCUT2D eigenvalue weighted by Crippen LogP contribution is 2.34. The van der Waals surface area contributed by atoms with E-state index in [0.717, 1.165) is 16.8 Å². The van der Waals surface area contributed by atoms with Gasteiger partial charge in [0.05, 0.1) is 6.54 Å². The van der Waals surface area contributed by atoms with E-state index in [0.29, 0.717) is 51.4 Å². The second kappa shape index (κ2) is 9.60. The van der Waals surface area contributed by atoms with Crippen molar-refractivity contribution < 1.29 is 19.1 Å². The molecule has 3 amide bonds. The highest BCUT2D eigenvalue weighted by Gasteiger charge is 2.44. The van der Waals surface area contributed by atoms with Crippen LogP contribution in [0.5, 0.6) is 0 Å². The SMILES string of the molecule is CN1C[C@H](C(=O)CC2=CC(C3CC3)=NC2)N(C2CCN(C(=O)OCc3ccccc3)CC2)C1=O. The normalized spacial score (nSPS) is 23.3. The van der Waals surface area contributed by atoms with E-state index in [1.807, 2.05) is 30.3 Å². The number of benzene rings is 1. The van der Waals surface area contributed by atoms with Gasteiger partial charge in [-0.1, -0.05) is 30.3 Å². The number of urea groups is 1. The molecule has 3 aliphatic heterocycles. The van der Waals surface area contributed by atoms with Crippen molar-refractivity contribution in [3.63, 3.8) is 0 Å². The predicted molar refractivity (Wildman–Crippen MR) is 128 cm³/mol. The van der Waals surface area contributed by atoms with E-state index in [2.05, 4.69) is 11.1 Å². The molecule has 4 aliphatic rings. The summed E-state index contributed by atoms with van der Waals surface area (Å²) in [4.78, 5) is 48.4. The maximum Gasteiger partial charge on any atom is 0.410 e. The van der Waals surface area contributed by atoms with Crippen LogP contribution in [0.3, 0.4) is 0 Å². The zero-order chi connectivity index (χ0) is 23.7. The molecule has 180 valence electrons. The number of piperidine rings is 1. The molecule has 0 spiro atoms. The van der Waals surface area contributed by atoms with Gasteiger partial charge in [0.15, 0.2) is 5.78 Å². The Balaban J connectivity index is 1.15. The average Bonchev–Trinajstić information content (AvgIpc) is 3.53. The van der Waals surface area contributed by atoms with Crippen LogP contribution in [0.4, 0.5) is 9.59 Å². The summed E-state index contributed by atoms with van der Waals surface area (Å²) in [5, 5.41) is 0. The van der Waals surface area contributed by atoms with Crippen molar-refractivity contribution in [2.45, 2.75) is 50.8 Å². The lowest BCUT2D eigenvalue weighted by molar-refractivity contribution is -0.122. The lowest BCUT2D eigenvalue weighted by Gasteiger charge is -2.38. The first-order chi connectivity index (χ1) is 16.5. The van der Waals surface area contributed by atoms with Gasteiger partial charge < -0.3 is 19.4 Å². The maximum atomic E-state index is 13.2. The number of nitrogens with zero attached hydrogens (tertiary/aromatic N) is 4. The summed E-state index contributed by atoms with van der Waals surface area (Å²) in [6.07, 6.45) is 5.80. The van der Waals surface area contributed by atoms with Crippen molar-refractivity contribution in [1.29, 1.82) is 0 Å². The second-order valence-corrected chi connectivity index (χ2v) is 9.81. The number of allylic oxidation sites excluding steroid dienone is 1. The number of aliphatic imine (C=N–C) groups is 1. The topological polar surface area (TPSA) is 82.5 Å². The average molecular weight is 465 g/mol. The number of hydrogen-bond acceptors (Lipinski definition) is 5. The molecule has 0 aromatic heterocycles. The van der Waals surface area contributed by atoms with Gasteiger partial charge in [0.25, 0.3) is 0 Å². The zero-order valence-corrected chi connectivity index (χ0v) is 19.7. The molecular weight excluding hydrogens is 432 g/mol. The van der Waals surface area contributed by atoms with Crippen LogP contribution < -0.4 is 0 Å². The molecule has 0 bridgehead atoms. The van der Waals surface area contributed by atoms with E-state index in [-0.39, 0.29) is 30.6 Å². The summed E-state index contributed by atoms with van der Waals surface area (Å²) in [6, 6.07) is 9.01. The fourth-order valence-corrected chi connectivity index (χ4v) is 5.13. The lowest BCUT2D eigenvalue weighted by atomic mass is 9.98. The van der Waals surface area contributed by atoms with Crippen molar-refractivity contribution in [2.75, 3.05) is 33.2 Å². The minimum atomic E-state index is -0.440. The van der Waals surface area contributed by atoms with Crippen molar-refractivity contribution in [3.8, 4) is 0 Å². The molecule has 3 fully saturated rings. The monoisotopic (exact) mass is 464 g/mol. The minimum absolute atomic E-state index is 0.0552. The van der Waals surface area contributed by atoms with E-state index in [1.165, 1.54) is 12.8 Å². The maximum absolute atomic E-state index is 13.2. The number of likely N-dealkylation sites (tertiary alicyclic amines) is 1. The number of rotatable bonds is 7. The Kier molecular flexibility index (Phi) is 6.39. The van der Waals surface area contributed by atoms with Gasteiger partial charge in [0, 0.05) is 50.8 Å². The van der Waals surface area contributed by atoms with Crippen LogP contribution in [0.2, 0.25) is 0 Å². The first-order valence-corrected chi connectivity index (χ1v) is 12.2. The van der Waals surface area contributed by atoms with Gasteiger partial charge in [-0.05, 0) is 42.9 Å². The van der Waals surface area contributed by atoms with Crippen molar-refractivity contribution in [1.82, 2.24) is 14.7 Å². The standard InChI is InChI=1S/C26H32N4O4/c1-28-16-23(24(31)14-19-13-22(27-15-19)20-7-8-20)30(25(28)32)21-9-11-29(12-10-21)26(33)34-17-18-5-3-2-4-6-18/h2-6,13,20-21,23H,7-12,14-17H2,1H3/t23-/m1/s1. The number of amides is 3. The van der Waals surface area contributed by atoms with Crippen LogP contribution in [-0.2, 0) is 16.1 Å². The molecule has 2 saturated heterocycles. The van der Waals surface area contributed by atoms with Crippen molar-refractivity contribution in [2.24, 2.45) is 10.9 Å². The lowest BCUT2D eigenvalue weighted by Crippen LogP contribution is -2.52. The van der Waals surface area contributed by atoms with Gasteiger partial charge in [-0.2, -0.15) is 0 Å². The number of ether oxygens (including phenoxy) is 1. The molecular formula is C26H32N4O4. The third-order valence-electron chi connectivity index (χ3n) is 7.24. The Morgan fingerprint density at radius 3 is 2.53 bits per heavy atom. The Bertz CT molecular complexity index is 1010. The van der Waals surface area contributed by atoms with Gasteiger partial charge in [-0.25, -0.2) is 9.59 Å². The van der Waals surface area contributed by atoms with E-state index < -0.39 is 6.04 Å². The molecule has 0 unspecified atom stereocenters. The van der Waals surface area contributed by atoms with Crippen LogP contribution in [0.25, 0.3) is 0 Å². The summed E-state index contributed by atoms with van der Waals surface area (Å²) in [5.41, 5.74) is 3.15. The fourth-order valence-electron chi connectivity index (χ4n) is 5.13. The Labute approximate surface area is 200 Å². The molecule has 1 saturated carbocycles. The van der Waals surface area contributed by atoms with Crippen LogP contribution in [-0.4, -0.2) is 83.6 Å². The van der Waals surface area contributed by atoms with Crippen molar-refractivity contribution >= 4 is 23.6 Å². The van der Waals surface area contributed by atoms with Gasteiger partial charge in [0.1, 0.15) is 12.6 Å². The second-order valence-electron chi connectivity index (χ2n) is 9.81. The van der Waals surface area contributed by atoms with Gasteiger partial charge >= 0.3 is 12.1 Å². The Morgan fingerprint density at radius 1 is 1.09 bits per heavy atom. The van der Waals surface area contributed by atoms with E-state index in [1.54, 1.807) is 21.7 Å². The predicted octanol–water partition coefficient (Wildman–Crippen LogP) is 3.27. The number of Topliss-reactive ketones (excluding diaryl/α,β-unsaturated/α-hetero) is 1. The molecule has 5 rings (SSSR count). The van der Waals surface area contributed by atoms with Crippen LogP contribution in [0.15, 0.2) is 47.0 Å². The first kappa shape index (κ1) is 22.6. The fraction of sp³-hybridized carbons (Fsp3) is 0.538. The highest BCUT2D eigenvalue weighted by atomic mass is 16.6. The molecule has 34 heavy (non-hydrogen) atoms. The molecule has 1 atom stereocenters. The smallest absolute Gasteiger partial charge is 0.410 e. The largest absolute Gasteiger partial charge is 0.445 e. The van der Waals surface area contributed by atoms with Gasteiger partial charge in [-0.15, -0.1) is 0 Å². The summed E-state index contributed by atoms with van der Waals surface area (Å²) in [5.74, 6) is 0.675. The first-order valence-electron chi connectivity index (χ1n) is 12.2. The Morgan fingerprint density at radius 2 is 1.82 bits per heavy atom. The molecule has 0 radical (unpaired) electrons. The molecule has 8 heteroatoms. The quantitative estimate of drug-likeness (QED) is 0.620. The number of likely N-dealkylation sites (N-methyl/N-ethyl adjacent to an activating group) is 1. The van der Waals surface area contributed by atoms with E-state index >= 15 is 0 Å². The minimum Gasteiger partial charge on any atom is -0.445 e. The summed E-state index contributed by atoms with van der Waals surface area (Å²) < 4.78 is 5.46. The van der Waals surface area contributed by atoms with Crippen molar-refractivity contribution in [3.05, 3.63) is 47.5 Å². The molecule has 8 nitrogen and oxygen atoms in total. The summed E-state index contributed by atoms with van der Waals surface area (Å²) in [6.45, 7) is 2.29. The highest BCUT2D eigenvalue weighted by molar-refractivity contribution is 6.02. The molecule has 1 aromatic rings. The van der Waals surface area contributed by atoms with E-state index in [4.69, 9.17) is 4.74 Å². The Hall–Kier alpha value is -3.16. The number of carbonyl (C=O) groups is 3. The number of hydrogen-bond donors (Lipinski definition) is 0. The van der Waals surface area contributed by atoms with Gasteiger partial charge in [0.2, 0.25) is 0 Å². The third-order valence-corrected chi connectivity index (χ3v) is 7.24. The van der Waals surface area contributed by atoms with Crippen LogP contribution >= 0.6 is 0 Å². The van der Waals surface area contributed by atoms with Gasteiger partial charge in [-0.3, -0.25) is 9.79 Å². The molecule has 0 N–H and O–H groups in total. The third kappa shape index (κ3) is 4.86. The summed E-state index contributed by atoms with van der Waals surface area (Å²) in [7, 11) is 1.75. The van der Waals surface area contributed by atoms with Crippen LogP contribution in [0, 0.1) is 5.92 Å². The zero-order valence-electron chi connectivity index (χ0n) is 19.7. The number of carbonyl (C=O) groups excluding carboxylic acids is 3. The number of ketones is 1. The molecule has 1 aliphatic carbocycles. The van der Waals surface area contributed by atoms with E-state index in [9.17, 15) is 14.4 Å². The van der Waals surface area contributed by atoms with Crippen LogP contribution in [0.1, 0.15) is 37.7 Å². The molecule has 3 heterocycles. The summed E-state index contributed by atoms with van der Waals surface area (Å²) >= 11 is 0.